The van der Waals surface area contributed by atoms with Crippen molar-refractivity contribution in [1.29, 1.82) is 0 Å². The maximum atomic E-state index is 10.9. The summed E-state index contributed by atoms with van der Waals surface area (Å²) in [4.78, 5) is 0.164. The van der Waals surface area contributed by atoms with Crippen molar-refractivity contribution >= 4 is 17.9 Å². The lowest BCUT2D eigenvalue weighted by Crippen LogP contribution is -2.12. The summed E-state index contributed by atoms with van der Waals surface area (Å²) in [5, 5.41) is 4.96. The lowest BCUT2D eigenvalue weighted by Gasteiger charge is -2.05. The molecule has 13 heavy (non-hydrogen) atoms. The van der Waals surface area contributed by atoms with E-state index in [0.717, 1.165) is 5.56 Å². The Morgan fingerprint density at radius 1 is 1.31 bits per heavy atom. The molecular weight excluding hydrogens is 185 g/mol. The molecule has 0 aromatic heterocycles. The monoisotopic (exact) mass is 197 g/mol. The van der Waals surface area contributed by atoms with Gasteiger partial charge in [-0.25, -0.2) is 13.6 Å². The van der Waals surface area contributed by atoms with Crippen LogP contribution in [0.5, 0.6) is 0 Å². The summed E-state index contributed by atoms with van der Waals surface area (Å²) in [6.45, 7) is 2.05. The number of rotatable bonds is 2. The van der Waals surface area contributed by atoms with Crippen molar-refractivity contribution in [3.8, 4) is 0 Å². The second kappa shape index (κ2) is 3.51. The van der Waals surface area contributed by atoms with E-state index in [-0.39, 0.29) is 4.90 Å². The molecule has 0 spiro atoms. The second-order valence-electron chi connectivity index (χ2n) is 3.27. The highest BCUT2D eigenvalue weighted by atomic mass is 32.2. The maximum absolute atomic E-state index is 10.9. The van der Waals surface area contributed by atoms with Crippen LogP contribution in [0, 0.1) is 0 Å². The first-order chi connectivity index (χ1) is 5.91. The molecule has 1 aromatic rings. The number of hydrogen-bond donors (Lipinski definition) is 1. The Labute approximate surface area is 79.4 Å². The number of primary sulfonamides is 1. The number of hydrogen-bond acceptors (Lipinski definition) is 2. The molecule has 70 valence electrons. The van der Waals surface area contributed by atoms with Gasteiger partial charge in [-0.2, -0.15) is 0 Å². The van der Waals surface area contributed by atoms with Crippen LogP contribution in [0.15, 0.2) is 29.2 Å². The SMILES string of the molecule is BC(C)c1ccc(S(N)(=O)=O)cc1. The molecule has 5 heteroatoms. The van der Waals surface area contributed by atoms with Crippen LogP contribution in [0.1, 0.15) is 18.3 Å². The van der Waals surface area contributed by atoms with Gasteiger partial charge in [0.2, 0.25) is 10.0 Å². The second-order valence-corrected chi connectivity index (χ2v) is 4.83. The smallest absolute Gasteiger partial charge is 0.225 e. The van der Waals surface area contributed by atoms with Gasteiger partial charge in [0.15, 0.2) is 0 Å². The van der Waals surface area contributed by atoms with Crippen LogP contribution in [0.4, 0.5) is 0 Å². The van der Waals surface area contributed by atoms with Gasteiger partial charge in [-0.3, -0.25) is 0 Å². The fourth-order valence-corrected chi connectivity index (χ4v) is 1.56. The van der Waals surface area contributed by atoms with Gasteiger partial charge >= 0.3 is 0 Å². The average molecular weight is 197 g/mol. The van der Waals surface area contributed by atoms with E-state index in [1.807, 2.05) is 14.8 Å². The summed E-state index contributed by atoms with van der Waals surface area (Å²) in [6.07, 6.45) is 0. The molecule has 0 aliphatic carbocycles. The van der Waals surface area contributed by atoms with Gasteiger partial charge in [0, 0.05) is 0 Å². The first-order valence-corrected chi connectivity index (χ1v) is 5.58. The summed E-state index contributed by atoms with van der Waals surface area (Å²) < 4.78 is 21.8. The van der Waals surface area contributed by atoms with Crippen molar-refractivity contribution in [2.24, 2.45) is 5.14 Å². The van der Waals surface area contributed by atoms with E-state index in [4.69, 9.17) is 5.14 Å². The Balaban J connectivity index is 3.08. The number of nitrogens with two attached hydrogens (primary N) is 1. The Bertz CT molecular complexity index is 383. The summed E-state index contributed by atoms with van der Waals surface area (Å²) in [5.41, 5.74) is 1.10. The predicted molar refractivity (Wildman–Crippen MR) is 54.8 cm³/mol. The minimum Gasteiger partial charge on any atom is -0.225 e. The molecule has 0 radical (unpaired) electrons. The molecule has 0 heterocycles. The molecule has 2 N–H and O–H groups in total. The van der Waals surface area contributed by atoms with E-state index in [9.17, 15) is 8.42 Å². The molecule has 0 bridgehead atoms. The Kier molecular flexibility index (Phi) is 2.78. The number of benzene rings is 1. The lowest BCUT2D eigenvalue weighted by molar-refractivity contribution is 0.598. The highest BCUT2D eigenvalue weighted by Crippen LogP contribution is 2.14. The van der Waals surface area contributed by atoms with Crippen LogP contribution >= 0.6 is 0 Å². The van der Waals surface area contributed by atoms with Crippen LogP contribution < -0.4 is 5.14 Å². The summed E-state index contributed by atoms with van der Waals surface area (Å²) in [7, 11) is -1.50. The molecule has 1 unspecified atom stereocenters. The van der Waals surface area contributed by atoms with Crippen LogP contribution in [0.25, 0.3) is 0 Å². The molecule has 0 amide bonds. The van der Waals surface area contributed by atoms with E-state index in [1.54, 1.807) is 12.1 Å². The predicted octanol–water partition coefficient (Wildman–Crippen LogP) is 0.0281. The molecule has 1 rings (SSSR count). The minimum absolute atomic E-state index is 0.164. The van der Waals surface area contributed by atoms with Crippen molar-refractivity contribution in [2.75, 3.05) is 0 Å². The van der Waals surface area contributed by atoms with Gasteiger partial charge in [0.05, 0.1) is 4.90 Å². The van der Waals surface area contributed by atoms with Crippen molar-refractivity contribution < 1.29 is 8.42 Å². The lowest BCUT2D eigenvalue weighted by atomic mass is 9.83. The Morgan fingerprint density at radius 2 is 1.77 bits per heavy atom. The first-order valence-electron chi connectivity index (χ1n) is 4.04. The van der Waals surface area contributed by atoms with E-state index in [2.05, 4.69) is 0 Å². The van der Waals surface area contributed by atoms with Gasteiger partial charge in [0.25, 0.3) is 0 Å². The third-order valence-corrected chi connectivity index (χ3v) is 2.80. The summed E-state index contributed by atoms with van der Waals surface area (Å²) in [5.74, 6) is 0.398. The topological polar surface area (TPSA) is 60.2 Å². The third kappa shape index (κ3) is 2.57. The summed E-state index contributed by atoms with van der Waals surface area (Å²) in [6, 6.07) is 6.63. The van der Waals surface area contributed by atoms with E-state index >= 15 is 0 Å². The normalized spacial score (nSPS) is 14.0. The van der Waals surface area contributed by atoms with Crippen LogP contribution in [0.3, 0.4) is 0 Å². The first kappa shape index (κ1) is 10.3. The van der Waals surface area contributed by atoms with Crippen molar-refractivity contribution in [1.82, 2.24) is 0 Å². The largest absolute Gasteiger partial charge is 0.238 e. The Hall–Kier alpha value is -0.805. The van der Waals surface area contributed by atoms with Crippen molar-refractivity contribution in [2.45, 2.75) is 17.6 Å². The highest BCUT2D eigenvalue weighted by Gasteiger charge is 2.07. The van der Waals surface area contributed by atoms with Gasteiger partial charge < -0.3 is 0 Å². The van der Waals surface area contributed by atoms with Gasteiger partial charge in [-0.15, -0.1) is 0 Å². The molecule has 0 saturated carbocycles. The zero-order valence-corrected chi connectivity index (χ0v) is 8.51. The van der Waals surface area contributed by atoms with Crippen LogP contribution in [-0.2, 0) is 10.0 Å². The minimum atomic E-state index is -3.55. The van der Waals surface area contributed by atoms with Crippen LogP contribution in [-0.4, -0.2) is 16.3 Å². The van der Waals surface area contributed by atoms with Gasteiger partial charge in [-0.1, -0.05) is 24.6 Å². The van der Waals surface area contributed by atoms with Crippen molar-refractivity contribution in [3.63, 3.8) is 0 Å². The number of sulfonamides is 1. The van der Waals surface area contributed by atoms with E-state index in [0.29, 0.717) is 5.82 Å². The molecule has 3 nitrogen and oxygen atoms in total. The van der Waals surface area contributed by atoms with E-state index < -0.39 is 10.0 Å². The fourth-order valence-electron chi connectivity index (χ4n) is 1.04. The molecule has 1 atom stereocenters. The van der Waals surface area contributed by atoms with Gasteiger partial charge in [-0.05, 0) is 17.9 Å². The van der Waals surface area contributed by atoms with Crippen LogP contribution in [0.2, 0.25) is 0 Å². The third-order valence-electron chi connectivity index (χ3n) is 1.88. The summed E-state index contributed by atoms with van der Waals surface area (Å²) >= 11 is 0. The maximum Gasteiger partial charge on any atom is 0.238 e. The standard InChI is InChI=1S/C8H12BNO2S/c1-6(9)7-2-4-8(5-3-7)13(10,11)12/h2-6H,9H2,1H3,(H2,10,11,12). The molecular formula is C8H12BNO2S. The zero-order valence-electron chi connectivity index (χ0n) is 7.69. The van der Waals surface area contributed by atoms with Crippen molar-refractivity contribution in [3.05, 3.63) is 29.8 Å². The Morgan fingerprint density at radius 3 is 2.08 bits per heavy atom. The zero-order chi connectivity index (χ0) is 10.1. The molecule has 1 aromatic carbocycles. The fraction of sp³-hybridized carbons (Fsp3) is 0.250. The quantitative estimate of drug-likeness (QED) is 0.679. The molecule has 0 aliphatic rings. The molecule has 0 saturated heterocycles. The van der Waals surface area contributed by atoms with Gasteiger partial charge in [0.1, 0.15) is 7.85 Å². The molecule has 0 fully saturated rings. The molecule has 0 aliphatic heterocycles. The highest BCUT2D eigenvalue weighted by molar-refractivity contribution is 7.89. The average Bonchev–Trinajstić information content (AvgIpc) is 2.03. The van der Waals surface area contributed by atoms with E-state index in [1.165, 1.54) is 12.1 Å².